The first-order valence-corrected chi connectivity index (χ1v) is 4.04. The van der Waals surface area contributed by atoms with Crippen LogP contribution in [0.15, 0.2) is 0 Å². The van der Waals surface area contributed by atoms with Gasteiger partial charge in [-0.1, -0.05) is 12.8 Å². The maximum absolute atomic E-state index is 8.42. The van der Waals surface area contributed by atoms with Gasteiger partial charge in [-0.3, -0.25) is 0 Å². The third-order valence-corrected chi connectivity index (χ3v) is 2.00. The molecule has 1 aliphatic rings. The molecule has 1 fully saturated rings. The van der Waals surface area contributed by atoms with E-state index in [-0.39, 0.29) is 0 Å². The van der Waals surface area contributed by atoms with Crippen molar-refractivity contribution < 1.29 is 0 Å². The fourth-order valence-corrected chi connectivity index (χ4v) is 1.39. The van der Waals surface area contributed by atoms with Gasteiger partial charge in [0.25, 0.3) is 0 Å². The van der Waals surface area contributed by atoms with Gasteiger partial charge in [0.05, 0.1) is 12.5 Å². The summed E-state index contributed by atoms with van der Waals surface area (Å²) in [6.45, 7) is 1.10. The van der Waals surface area contributed by atoms with Crippen molar-refractivity contribution in [3.05, 3.63) is 0 Å². The minimum Gasteiger partial charge on any atom is -0.313 e. The van der Waals surface area contributed by atoms with Gasteiger partial charge in [0.15, 0.2) is 0 Å². The number of nitrogens with one attached hydrogen (secondary N) is 1. The molecule has 1 saturated heterocycles. The summed E-state index contributed by atoms with van der Waals surface area (Å²) >= 11 is 0. The topological polar surface area (TPSA) is 35.8 Å². The van der Waals surface area contributed by atoms with E-state index in [1.807, 2.05) is 0 Å². The summed E-state index contributed by atoms with van der Waals surface area (Å²) in [6.07, 6.45) is 5.77. The summed E-state index contributed by atoms with van der Waals surface area (Å²) in [6, 6.07) is 2.68. The van der Waals surface area contributed by atoms with Crippen molar-refractivity contribution in [2.24, 2.45) is 0 Å². The van der Waals surface area contributed by atoms with Gasteiger partial charge in [0, 0.05) is 6.04 Å². The SMILES string of the molecule is N#CCC1CCCCCN1. The van der Waals surface area contributed by atoms with Crippen LogP contribution in [0.5, 0.6) is 0 Å². The lowest BCUT2D eigenvalue weighted by atomic mass is 10.1. The molecule has 0 aromatic carbocycles. The minimum absolute atomic E-state index is 0.479. The monoisotopic (exact) mass is 138 g/mol. The molecule has 1 aliphatic heterocycles. The van der Waals surface area contributed by atoms with Gasteiger partial charge >= 0.3 is 0 Å². The van der Waals surface area contributed by atoms with E-state index in [0.717, 1.165) is 6.54 Å². The predicted molar refractivity (Wildman–Crippen MR) is 40.5 cm³/mol. The third kappa shape index (κ3) is 2.36. The van der Waals surface area contributed by atoms with Crippen LogP contribution in [0.3, 0.4) is 0 Å². The molecule has 0 aromatic rings. The number of nitrogens with zero attached hydrogens (tertiary/aromatic N) is 1. The van der Waals surface area contributed by atoms with Crippen molar-refractivity contribution in [3.8, 4) is 6.07 Å². The Labute approximate surface area is 62.2 Å². The second-order valence-corrected chi connectivity index (χ2v) is 2.86. The molecule has 1 atom stereocenters. The number of rotatable bonds is 1. The van der Waals surface area contributed by atoms with E-state index in [1.165, 1.54) is 25.7 Å². The molecule has 0 amide bonds. The Kier molecular flexibility index (Phi) is 3.25. The Bertz CT molecular complexity index is 118. The molecule has 1 rings (SSSR count). The summed E-state index contributed by atoms with van der Waals surface area (Å²) in [5.74, 6) is 0. The lowest BCUT2D eigenvalue weighted by molar-refractivity contribution is 0.519. The normalized spacial score (nSPS) is 26.9. The van der Waals surface area contributed by atoms with Gasteiger partial charge in [-0.05, 0) is 19.4 Å². The van der Waals surface area contributed by atoms with Crippen molar-refractivity contribution in [1.82, 2.24) is 5.32 Å². The Morgan fingerprint density at radius 2 is 2.30 bits per heavy atom. The first-order chi connectivity index (χ1) is 4.93. The van der Waals surface area contributed by atoms with Crippen LogP contribution in [-0.2, 0) is 0 Å². The number of hydrogen-bond acceptors (Lipinski definition) is 2. The Hall–Kier alpha value is -0.550. The van der Waals surface area contributed by atoms with Gasteiger partial charge in [-0.15, -0.1) is 0 Å². The molecule has 1 N–H and O–H groups in total. The average molecular weight is 138 g/mol. The molecule has 0 spiro atoms. The predicted octanol–water partition coefficient (Wildman–Crippen LogP) is 1.43. The molecular formula is C8H14N2. The summed E-state index contributed by atoms with van der Waals surface area (Å²) in [4.78, 5) is 0. The van der Waals surface area contributed by atoms with Crippen LogP contribution in [-0.4, -0.2) is 12.6 Å². The molecule has 0 bridgehead atoms. The van der Waals surface area contributed by atoms with E-state index >= 15 is 0 Å². The Balaban J connectivity index is 2.23. The second-order valence-electron chi connectivity index (χ2n) is 2.86. The Morgan fingerprint density at radius 1 is 1.40 bits per heavy atom. The van der Waals surface area contributed by atoms with E-state index in [4.69, 9.17) is 5.26 Å². The molecule has 0 saturated carbocycles. The van der Waals surface area contributed by atoms with E-state index in [1.54, 1.807) is 0 Å². The van der Waals surface area contributed by atoms with Crippen molar-refractivity contribution in [3.63, 3.8) is 0 Å². The van der Waals surface area contributed by atoms with Crippen LogP contribution in [0.1, 0.15) is 32.1 Å². The first kappa shape index (κ1) is 7.56. The standard InChI is InChI=1S/C8H14N2/c9-6-5-8-4-2-1-3-7-10-8/h8,10H,1-5,7H2. The summed E-state index contributed by atoms with van der Waals surface area (Å²) in [5.41, 5.74) is 0. The molecule has 10 heavy (non-hydrogen) atoms. The van der Waals surface area contributed by atoms with E-state index in [9.17, 15) is 0 Å². The van der Waals surface area contributed by atoms with Crippen molar-refractivity contribution in [2.75, 3.05) is 6.54 Å². The molecule has 1 heterocycles. The molecule has 0 radical (unpaired) electrons. The molecule has 1 unspecified atom stereocenters. The molecule has 0 aromatic heterocycles. The highest BCUT2D eigenvalue weighted by Crippen LogP contribution is 2.09. The van der Waals surface area contributed by atoms with Crippen LogP contribution in [0, 0.1) is 11.3 Å². The quantitative estimate of drug-likeness (QED) is 0.595. The van der Waals surface area contributed by atoms with Crippen LogP contribution in [0.4, 0.5) is 0 Å². The smallest absolute Gasteiger partial charge is 0.0638 e. The van der Waals surface area contributed by atoms with Gasteiger partial charge in [-0.25, -0.2) is 0 Å². The molecule has 2 heteroatoms. The highest BCUT2D eigenvalue weighted by atomic mass is 14.9. The van der Waals surface area contributed by atoms with Gasteiger partial charge < -0.3 is 5.32 Å². The van der Waals surface area contributed by atoms with E-state index in [0.29, 0.717) is 12.5 Å². The van der Waals surface area contributed by atoms with Gasteiger partial charge in [0.1, 0.15) is 0 Å². The first-order valence-electron chi connectivity index (χ1n) is 4.04. The highest BCUT2D eigenvalue weighted by molar-refractivity contribution is 4.81. The van der Waals surface area contributed by atoms with Crippen molar-refractivity contribution in [2.45, 2.75) is 38.1 Å². The van der Waals surface area contributed by atoms with Crippen LogP contribution in [0.25, 0.3) is 0 Å². The lowest BCUT2D eigenvalue weighted by Crippen LogP contribution is -2.27. The largest absolute Gasteiger partial charge is 0.313 e. The average Bonchev–Trinajstić information content (AvgIpc) is 2.17. The maximum atomic E-state index is 8.42. The third-order valence-electron chi connectivity index (χ3n) is 2.00. The lowest BCUT2D eigenvalue weighted by Gasteiger charge is -2.09. The molecular weight excluding hydrogens is 124 g/mol. The van der Waals surface area contributed by atoms with E-state index in [2.05, 4.69) is 11.4 Å². The number of hydrogen-bond donors (Lipinski definition) is 1. The van der Waals surface area contributed by atoms with Crippen LogP contribution >= 0.6 is 0 Å². The maximum Gasteiger partial charge on any atom is 0.0638 e. The fraction of sp³-hybridized carbons (Fsp3) is 0.875. The summed E-state index contributed by atoms with van der Waals surface area (Å²) in [5, 5.41) is 11.8. The molecule has 2 nitrogen and oxygen atoms in total. The minimum atomic E-state index is 0.479. The summed E-state index contributed by atoms with van der Waals surface area (Å²) in [7, 11) is 0. The van der Waals surface area contributed by atoms with E-state index < -0.39 is 0 Å². The second kappa shape index (κ2) is 4.29. The number of nitriles is 1. The zero-order valence-corrected chi connectivity index (χ0v) is 6.27. The fourth-order valence-electron chi connectivity index (χ4n) is 1.39. The highest BCUT2D eigenvalue weighted by Gasteiger charge is 2.09. The van der Waals surface area contributed by atoms with Crippen LogP contribution in [0.2, 0.25) is 0 Å². The van der Waals surface area contributed by atoms with Crippen LogP contribution < -0.4 is 5.32 Å². The zero-order chi connectivity index (χ0) is 7.23. The van der Waals surface area contributed by atoms with Gasteiger partial charge in [-0.2, -0.15) is 5.26 Å². The Morgan fingerprint density at radius 3 is 3.10 bits per heavy atom. The molecule has 0 aliphatic carbocycles. The summed E-state index contributed by atoms with van der Waals surface area (Å²) < 4.78 is 0. The van der Waals surface area contributed by atoms with Crippen molar-refractivity contribution in [1.29, 1.82) is 5.26 Å². The molecule has 56 valence electrons. The van der Waals surface area contributed by atoms with Crippen molar-refractivity contribution >= 4 is 0 Å². The zero-order valence-electron chi connectivity index (χ0n) is 6.27. The van der Waals surface area contributed by atoms with Gasteiger partial charge in [0.2, 0.25) is 0 Å².